The second-order valence-corrected chi connectivity index (χ2v) is 12.1. The van der Waals surface area contributed by atoms with Crippen molar-refractivity contribution in [2.75, 3.05) is 46.8 Å². The van der Waals surface area contributed by atoms with Gasteiger partial charge < -0.3 is 37.9 Å². The van der Waals surface area contributed by atoms with E-state index >= 15 is 0 Å². The summed E-state index contributed by atoms with van der Waals surface area (Å²) >= 11 is 0. The molecule has 0 unspecified atom stereocenters. The van der Waals surface area contributed by atoms with Gasteiger partial charge in [0.2, 0.25) is 6.79 Å². The maximum absolute atomic E-state index is 14.9. The van der Waals surface area contributed by atoms with Crippen LogP contribution < -0.4 is 9.47 Å². The molecular formula is C34H35N3O8. The Morgan fingerprint density at radius 1 is 0.956 bits per heavy atom. The first-order valence-electron chi connectivity index (χ1n) is 15.5. The number of benzene rings is 2. The van der Waals surface area contributed by atoms with Crippen LogP contribution in [0.25, 0.3) is 11.3 Å². The van der Waals surface area contributed by atoms with Gasteiger partial charge in [0.15, 0.2) is 11.5 Å². The van der Waals surface area contributed by atoms with Crippen LogP contribution in [0.2, 0.25) is 0 Å². The number of methoxy groups -OCH3 is 1. The molecule has 6 heterocycles. The van der Waals surface area contributed by atoms with Crippen LogP contribution in [0, 0.1) is 0 Å². The van der Waals surface area contributed by atoms with Crippen LogP contribution in [0.15, 0.2) is 55.0 Å². The molecule has 11 nitrogen and oxygen atoms in total. The summed E-state index contributed by atoms with van der Waals surface area (Å²) in [6.07, 6.45) is 4.75. The number of aromatic nitrogens is 1. The van der Waals surface area contributed by atoms with Crippen molar-refractivity contribution >= 4 is 11.9 Å². The van der Waals surface area contributed by atoms with Gasteiger partial charge in [-0.3, -0.25) is 9.69 Å². The summed E-state index contributed by atoms with van der Waals surface area (Å²) in [4.78, 5) is 32.3. The second kappa shape index (κ2) is 11.1. The van der Waals surface area contributed by atoms with Crippen molar-refractivity contribution in [1.29, 1.82) is 0 Å². The predicted molar refractivity (Wildman–Crippen MR) is 161 cm³/mol. The number of hydrogen-bond donors (Lipinski definition) is 0. The van der Waals surface area contributed by atoms with Crippen LogP contribution in [0.5, 0.6) is 11.5 Å². The zero-order valence-corrected chi connectivity index (χ0v) is 25.2. The van der Waals surface area contributed by atoms with Gasteiger partial charge in [0.25, 0.3) is 11.7 Å². The maximum Gasteiger partial charge on any atom is 0.339 e. The van der Waals surface area contributed by atoms with Crippen molar-refractivity contribution in [2.45, 2.75) is 44.2 Å². The second-order valence-electron chi connectivity index (χ2n) is 12.1. The average molecular weight is 614 g/mol. The first-order valence-corrected chi connectivity index (χ1v) is 15.5. The molecule has 0 N–H and O–H groups in total. The minimum atomic E-state index is -0.865. The van der Waals surface area contributed by atoms with E-state index < -0.39 is 11.8 Å². The lowest BCUT2D eigenvalue weighted by Crippen LogP contribution is -2.52. The van der Waals surface area contributed by atoms with E-state index in [1.165, 1.54) is 25.2 Å². The van der Waals surface area contributed by atoms with Gasteiger partial charge in [0.05, 0.1) is 43.6 Å². The summed E-state index contributed by atoms with van der Waals surface area (Å²) in [6, 6.07) is 13.8. The molecule has 1 aromatic heterocycles. The normalized spacial score (nSPS) is 21.2. The zero-order chi connectivity index (χ0) is 30.5. The lowest BCUT2D eigenvalue weighted by Gasteiger charge is -2.40. The van der Waals surface area contributed by atoms with Gasteiger partial charge >= 0.3 is 5.97 Å². The lowest BCUT2D eigenvalue weighted by atomic mass is 9.92. The van der Waals surface area contributed by atoms with Gasteiger partial charge in [-0.05, 0) is 35.7 Å². The van der Waals surface area contributed by atoms with Crippen molar-refractivity contribution in [3.63, 3.8) is 0 Å². The summed E-state index contributed by atoms with van der Waals surface area (Å²) in [5.74, 6) is -0.328. The molecule has 0 bridgehead atoms. The van der Waals surface area contributed by atoms with Crippen LogP contribution in [-0.4, -0.2) is 84.8 Å². The van der Waals surface area contributed by atoms with E-state index in [9.17, 15) is 9.59 Å². The third-order valence-electron chi connectivity index (χ3n) is 9.60. The minimum Gasteiger partial charge on any atom is -0.465 e. The van der Waals surface area contributed by atoms with Gasteiger partial charge in [-0.1, -0.05) is 24.3 Å². The molecule has 0 saturated carbocycles. The number of carbonyl (C=O) groups excluding carboxylic acids is 2. The van der Waals surface area contributed by atoms with E-state index in [-0.39, 0.29) is 18.7 Å². The summed E-state index contributed by atoms with van der Waals surface area (Å²) in [5, 5.41) is 0. The van der Waals surface area contributed by atoms with E-state index in [4.69, 9.17) is 28.4 Å². The first kappa shape index (κ1) is 28.0. The van der Waals surface area contributed by atoms with E-state index in [0.29, 0.717) is 67.3 Å². The van der Waals surface area contributed by atoms with Crippen molar-refractivity contribution in [3.8, 4) is 22.8 Å². The fourth-order valence-corrected chi connectivity index (χ4v) is 7.26. The Hall–Kier alpha value is -4.48. The fraction of sp³-hybridized carbons (Fsp3) is 0.412. The van der Waals surface area contributed by atoms with Crippen molar-refractivity contribution < 1.29 is 38.0 Å². The van der Waals surface area contributed by atoms with Crippen LogP contribution in [0.3, 0.4) is 0 Å². The summed E-state index contributed by atoms with van der Waals surface area (Å²) in [7, 11) is 1.37. The monoisotopic (exact) mass is 613 g/mol. The number of esters is 1. The molecule has 2 aromatic carbocycles. The average Bonchev–Trinajstić information content (AvgIpc) is 3.82. The Bertz CT molecular complexity index is 1680. The standard InChI is InChI=1S/C34H35N3O8/c1-40-33(39)27-15-28(36-7-6-34(18-29(27)36)44-12-13-45-34)25-16-30-31(43-21-42-30)17-26(25)32(38)37-19-23-5-3-2-4-22(23)14-24(37)20-35-8-10-41-11-9-35/h2-5,12-13,15-17,24H,6-11,14,18-21H2,1H3/t24-/m0/s1. The highest BCUT2D eigenvalue weighted by molar-refractivity contribution is 6.03. The third-order valence-corrected chi connectivity index (χ3v) is 9.60. The molecule has 11 heteroatoms. The number of fused-ring (bicyclic) bond motifs is 3. The molecular weight excluding hydrogens is 578 g/mol. The third kappa shape index (κ3) is 4.90. The van der Waals surface area contributed by atoms with Gasteiger partial charge in [0, 0.05) is 56.4 Å². The Morgan fingerprint density at radius 3 is 2.49 bits per heavy atom. The Balaban J connectivity index is 1.22. The summed E-state index contributed by atoms with van der Waals surface area (Å²) < 4.78 is 36.1. The Labute approximate surface area is 260 Å². The van der Waals surface area contributed by atoms with Gasteiger partial charge in [0.1, 0.15) is 12.5 Å². The molecule has 5 aliphatic heterocycles. The number of morpholine rings is 1. The highest BCUT2D eigenvalue weighted by Gasteiger charge is 2.43. The van der Waals surface area contributed by atoms with Crippen LogP contribution >= 0.6 is 0 Å². The van der Waals surface area contributed by atoms with Crippen molar-refractivity contribution in [2.24, 2.45) is 0 Å². The molecule has 1 spiro atoms. The van der Waals surface area contributed by atoms with Crippen LogP contribution in [0.1, 0.15) is 44.0 Å². The van der Waals surface area contributed by atoms with Gasteiger partial charge in [-0.15, -0.1) is 0 Å². The molecule has 45 heavy (non-hydrogen) atoms. The topological polar surface area (TPSA) is 101 Å². The molecule has 0 radical (unpaired) electrons. The summed E-state index contributed by atoms with van der Waals surface area (Å²) in [6.45, 7) is 4.92. The molecule has 1 atom stereocenters. The number of ether oxygens (including phenoxy) is 6. The van der Waals surface area contributed by atoms with E-state index in [0.717, 1.165) is 43.0 Å². The molecule has 1 amide bonds. The van der Waals surface area contributed by atoms with E-state index in [1.54, 1.807) is 6.07 Å². The lowest BCUT2D eigenvalue weighted by molar-refractivity contribution is -0.154. The molecule has 1 fully saturated rings. The number of hydrogen-bond acceptors (Lipinski definition) is 9. The minimum absolute atomic E-state index is 0.0281. The Morgan fingerprint density at radius 2 is 1.71 bits per heavy atom. The molecule has 0 aliphatic carbocycles. The smallest absolute Gasteiger partial charge is 0.339 e. The predicted octanol–water partition coefficient (Wildman–Crippen LogP) is 3.73. The number of carbonyl (C=O) groups is 2. The molecule has 1 saturated heterocycles. The number of rotatable bonds is 5. The number of nitrogens with zero attached hydrogens (tertiary/aromatic N) is 3. The zero-order valence-electron chi connectivity index (χ0n) is 25.2. The van der Waals surface area contributed by atoms with Crippen LogP contribution in [-0.2, 0) is 44.9 Å². The SMILES string of the molecule is COC(=O)c1cc(-c2cc3c(cc2C(=O)N2Cc4ccccc4C[C@H]2CN2CCOCC2)OCO3)n2c1CC1(CC2)OC=CO1. The van der Waals surface area contributed by atoms with Crippen molar-refractivity contribution in [1.82, 2.24) is 14.4 Å². The fourth-order valence-electron chi connectivity index (χ4n) is 7.26. The van der Waals surface area contributed by atoms with Gasteiger partial charge in [-0.2, -0.15) is 0 Å². The van der Waals surface area contributed by atoms with Gasteiger partial charge in [-0.25, -0.2) is 4.79 Å². The molecule has 3 aromatic rings. The molecule has 8 rings (SSSR count). The quantitative estimate of drug-likeness (QED) is 0.399. The largest absolute Gasteiger partial charge is 0.465 e. The number of amides is 1. The Kier molecular flexibility index (Phi) is 6.94. The van der Waals surface area contributed by atoms with E-state index in [1.807, 2.05) is 23.1 Å². The molecule has 5 aliphatic rings. The maximum atomic E-state index is 14.9. The van der Waals surface area contributed by atoms with Crippen LogP contribution in [0.4, 0.5) is 0 Å². The summed E-state index contributed by atoms with van der Waals surface area (Å²) in [5.41, 5.74) is 5.47. The first-order chi connectivity index (χ1) is 22.0. The highest BCUT2D eigenvalue weighted by Crippen LogP contribution is 2.44. The molecule has 234 valence electrons. The van der Waals surface area contributed by atoms with E-state index in [2.05, 4.69) is 27.7 Å². The van der Waals surface area contributed by atoms with Crippen molar-refractivity contribution in [3.05, 3.63) is 82.9 Å². The highest BCUT2D eigenvalue weighted by atomic mass is 16.7.